The van der Waals surface area contributed by atoms with E-state index in [1.54, 1.807) is 11.3 Å². The average Bonchev–Trinajstić information content (AvgIpc) is 3.11. The van der Waals surface area contributed by atoms with E-state index in [2.05, 4.69) is 48.3 Å². The molecule has 5 aliphatic rings. The van der Waals surface area contributed by atoms with Crippen LogP contribution in [0.1, 0.15) is 90.4 Å². The Kier molecular flexibility index (Phi) is 6.02. The lowest BCUT2D eigenvalue weighted by atomic mass is 9.72. The fraction of sp³-hybridized carbons (Fsp3) is 0.714. The summed E-state index contributed by atoms with van der Waals surface area (Å²) in [7, 11) is 0. The lowest BCUT2D eigenvalue weighted by Crippen LogP contribution is -2.42. The average molecular weight is 392 g/mol. The highest BCUT2D eigenvalue weighted by Crippen LogP contribution is 2.51. The summed E-state index contributed by atoms with van der Waals surface area (Å²) in [6, 6.07) is 1.50. The van der Waals surface area contributed by atoms with Gasteiger partial charge < -0.3 is 4.90 Å². The van der Waals surface area contributed by atoms with Gasteiger partial charge in [-0.25, -0.2) is 0 Å². The third-order valence-electron chi connectivity index (χ3n) is 8.88. The largest absolute Gasteiger partial charge is 0.365 e. The molecule has 1 saturated carbocycles. The Bertz CT molecular complexity index is 695. The summed E-state index contributed by atoms with van der Waals surface area (Å²) in [5.74, 6) is 3.69. The second kappa shape index (κ2) is 8.86. The molecule has 2 fully saturated rings. The molecule has 0 bridgehead atoms. The van der Waals surface area contributed by atoms with Crippen LogP contribution in [0.5, 0.6) is 0 Å². The molecule has 1 saturated heterocycles. The standard InChI is InChI=1S/C28H41N/c1-21-9-7-15-26-25-14-5-6-16-27(25)29(28(21)26)24-19-17-23(18-20-24)13-8-12-22-10-3-2-4-11-22/h2-3,6,16-17,19,21-22,25-28H,4-5,7-15,18,20H2,1H3/t21?,22-,25?,26?,27?,28?/m1/s1. The Morgan fingerprint density at radius 1 is 0.931 bits per heavy atom. The maximum Gasteiger partial charge on any atom is 0.0505 e. The number of hydrogen-bond donors (Lipinski definition) is 0. The van der Waals surface area contributed by atoms with E-state index in [0.717, 1.165) is 29.7 Å². The summed E-state index contributed by atoms with van der Waals surface area (Å²) in [4.78, 5) is 2.93. The molecule has 0 aromatic carbocycles. The van der Waals surface area contributed by atoms with Crippen molar-refractivity contribution in [1.82, 2.24) is 4.90 Å². The quantitative estimate of drug-likeness (QED) is 0.437. The first-order chi connectivity index (χ1) is 14.3. The Labute approximate surface area is 179 Å². The molecule has 1 nitrogen and oxygen atoms in total. The van der Waals surface area contributed by atoms with E-state index >= 15 is 0 Å². The monoisotopic (exact) mass is 391 g/mol. The van der Waals surface area contributed by atoms with E-state index in [-0.39, 0.29) is 0 Å². The van der Waals surface area contributed by atoms with Crippen LogP contribution < -0.4 is 0 Å². The maximum atomic E-state index is 2.93. The van der Waals surface area contributed by atoms with Crippen molar-refractivity contribution >= 4 is 0 Å². The lowest BCUT2D eigenvalue weighted by Gasteiger charge is -2.41. The van der Waals surface area contributed by atoms with Gasteiger partial charge in [0, 0.05) is 11.7 Å². The van der Waals surface area contributed by atoms with Crippen molar-refractivity contribution in [3.63, 3.8) is 0 Å². The molecule has 4 aliphatic carbocycles. The van der Waals surface area contributed by atoms with E-state index in [1.807, 2.05) is 0 Å². The fourth-order valence-corrected chi connectivity index (χ4v) is 7.40. The summed E-state index contributed by atoms with van der Waals surface area (Å²) in [6.45, 7) is 2.54. The summed E-state index contributed by atoms with van der Waals surface area (Å²) in [5.41, 5.74) is 3.37. The van der Waals surface area contributed by atoms with Crippen molar-refractivity contribution < 1.29 is 0 Å². The van der Waals surface area contributed by atoms with Gasteiger partial charge in [0.15, 0.2) is 0 Å². The van der Waals surface area contributed by atoms with Gasteiger partial charge in [0.2, 0.25) is 0 Å². The zero-order valence-electron chi connectivity index (χ0n) is 18.6. The molecule has 29 heavy (non-hydrogen) atoms. The predicted molar refractivity (Wildman–Crippen MR) is 124 cm³/mol. The van der Waals surface area contributed by atoms with Crippen LogP contribution in [0.3, 0.4) is 0 Å². The minimum absolute atomic E-state index is 0.694. The first-order valence-corrected chi connectivity index (χ1v) is 12.8. The first kappa shape index (κ1) is 19.7. The van der Waals surface area contributed by atoms with Crippen LogP contribution in [-0.4, -0.2) is 17.0 Å². The summed E-state index contributed by atoms with van der Waals surface area (Å²) < 4.78 is 0. The number of allylic oxidation sites excluding steroid dienone is 7. The topological polar surface area (TPSA) is 3.24 Å². The summed E-state index contributed by atoms with van der Waals surface area (Å²) >= 11 is 0. The van der Waals surface area contributed by atoms with Crippen LogP contribution in [0, 0.1) is 23.7 Å². The fourth-order valence-electron chi connectivity index (χ4n) is 7.40. The molecule has 6 atom stereocenters. The van der Waals surface area contributed by atoms with Gasteiger partial charge in [0.05, 0.1) is 6.04 Å². The van der Waals surface area contributed by atoms with Gasteiger partial charge in [0.25, 0.3) is 0 Å². The second-order valence-corrected chi connectivity index (χ2v) is 10.7. The van der Waals surface area contributed by atoms with Gasteiger partial charge >= 0.3 is 0 Å². The molecule has 0 amide bonds. The van der Waals surface area contributed by atoms with Crippen molar-refractivity contribution in [2.75, 3.05) is 0 Å². The Hall–Kier alpha value is -1.24. The normalized spacial score (nSPS) is 39.0. The molecule has 0 aromatic rings. The molecule has 0 radical (unpaired) electrons. The molecule has 0 aromatic heterocycles. The van der Waals surface area contributed by atoms with Gasteiger partial charge in [-0.2, -0.15) is 0 Å². The van der Waals surface area contributed by atoms with Gasteiger partial charge in [-0.3, -0.25) is 0 Å². The molecule has 1 aliphatic heterocycles. The highest BCUT2D eigenvalue weighted by Gasteiger charge is 2.51. The van der Waals surface area contributed by atoms with Crippen molar-refractivity contribution in [2.24, 2.45) is 23.7 Å². The third-order valence-corrected chi connectivity index (χ3v) is 8.88. The molecular weight excluding hydrogens is 350 g/mol. The molecule has 158 valence electrons. The van der Waals surface area contributed by atoms with Crippen molar-refractivity contribution in [3.05, 3.63) is 47.7 Å². The van der Waals surface area contributed by atoms with Crippen LogP contribution in [0.4, 0.5) is 0 Å². The number of fused-ring (bicyclic) bond motifs is 3. The molecule has 1 heterocycles. The molecule has 1 heteroatoms. The van der Waals surface area contributed by atoms with Crippen LogP contribution in [0.25, 0.3) is 0 Å². The number of nitrogens with zero attached hydrogens (tertiary/aromatic N) is 1. The van der Waals surface area contributed by atoms with Crippen molar-refractivity contribution in [2.45, 2.75) is 102 Å². The smallest absolute Gasteiger partial charge is 0.0505 e. The van der Waals surface area contributed by atoms with Gasteiger partial charge in [0.1, 0.15) is 0 Å². The Balaban J connectivity index is 1.25. The van der Waals surface area contributed by atoms with Gasteiger partial charge in [-0.1, -0.05) is 49.3 Å². The number of rotatable bonds is 5. The van der Waals surface area contributed by atoms with Crippen molar-refractivity contribution in [1.29, 1.82) is 0 Å². The highest BCUT2D eigenvalue weighted by atomic mass is 15.2. The number of likely N-dealkylation sites (tertiary alicyclic amines) is 1. The van der Waals surface area contributed by atoms with E-state index < -0.39 is 0 Å². The molecule has 0 N–H and O–H groups in total. The van der Waals surface area contributed by atoms with E-state index in [9.17, 15) is 0 Å². The highest BCUT2D eigenvalue weighted by molar-refractivity contribution is 5.28. The van der Waals surface area contributed by atoms with Crippen LogP contribution in [0.2, 0.25) is 0 Å². The Morgan fingerprint density at radius 3 is 2.69 bits per heavy atom. The van der Waals surface area contributed by atoms with E-state index in [4.69, 9.17) is 0 Å². The minimum Gasteiger partial charge on any atom is -0.365 e. The molecule has 5 unspecified atom stereocenters. The van der Waals surface area contributed by atoms with E-state index in [0.29, 0.717) is 6.04 Å². The second-order valence-electron chi connectivity index (χ2n) is 10.7. The van der Waals surface area contributed by atoms with Crippen molar-refractivity contribution in [3.8, 4) is 0 Å². The first-order valence-electron chi connectivity index (χ1n) is 12.8. The minimum atomic E-state index is 0.694. The van der Waals surface area contributed by atoms with E-state index in [1.165, 1.54) is 83.5 Å². The molecule has 5 rings (SSSR count). The zero-order valence-corrected chi connectivity index (χ0v) is 18.6. The predicted octanol–water partition coefficient (Wildman–Crippen LogP) is 7.57. The maximum absolute atomic E-state index is 2.93. The van der Waals surface area contributed by atoms with Gasteiger partial charge in [-0.05, 0) is 107 Å². The Morgan fingerprint density at radius 2 is 1.86 bits per heavy atom. The third kappa shape index (κ3) is 4.04. The van der Waals surface area contributed by atoms with Gasteiger partial charge in [-0.15, -0.1) is 0 Å². The summed E-state index contributed by atoms with van der Waals surface area (Å²) in [5, 5.41) is 0. The molecule has 0 spiro atoms. The molecular formula is C28H41N. The zero-order chi connectivity index (χ0) is 19.6. The van der Waals surface area contributed by atoms with Crippen LogP contribution >= 0.6 is 0 Å². The van der Waals surface area contributed by atoms with Crippen LogP contribution in [0.15, 0.2) is 47.7 Å². The lowest BCUT2D eigenvalue weighted by molar-refractivity contribution is 0.141. The summed E-state index contributed by atoms with van der Waals surface area (Å²) in [6.07, 6.45) is 32.8. The number of hydrogen-bond acceptors (Lipinski definition) is 1. The van der Waals surface area contributed by atoms with Crippen LogP contribution in [-0.2, 0) is 0 Å². The SMILES string of the molecule is CC1CCCC2C3CCC=CC3N(C3=CC=C(CCC[C@@H]4CC=CCC4)CC3)C12.